The summed E-state index contributed by atoms with van der Waals surface area (Å²) in [5.74, 6) is -0.617. The Labute approximate surface area is 130 Å². The fraction of sp³-hybridized carbons (Fsp3) is 0.529. The van der Waals surface area contributed by atoms with Crippen LogP contribution in [0.4, 0.5) is 0 Å². The van der Waals surface area contributed by atoms with Crippen LogP contribution in [0, 0.1) is 5.92 Å². The Bertz CT molecular complexity index is 556. The van der Waals surface area contributed by atoms with E-state index < -0.39 is 5.97 Å². The number of nitrogens with one attached hydrogen (secondary N) is 1. The number of hydrogen-bond acceptors (Lipinski definition) is 3. The van der Waals surface area contributed by atoms with E-state index in [4.69, 9.17) is 9.84 Å². The summed E-state index contributed by atoms with van der Waals surface area (Å²) in [7, 11) is 0. The van der Waals surface area contributed by atoms with E-state index in [2.05, 4.69) is 26.1 Å². The lowest BCUT2D eigenvalue weighted by atomic mass is 9.80. The smallest absolute Gasteiger partial charge is 0.306 e. The van der Waals surface area contributed by atoms with Crippen molar-refractivity contribution in [1.29, 1.82) is 0 Å². The summed E-state index contributed by atoms with van der Waals surface area (Å²) in [4.78, 5) is 22.6. The van der Waals surface area contributed by atoms with Gasteiger partial charge in [-0.25, -0.2) is 0 Å². The highest BCUT2D eigenvalue weighted by Gasteiger charge is 2.35. The molecule has 0 radical (unpaired) electrons. The molecule has 1 amide bonds. The molecule has 1 aliphatic carbocycles. The summed E-state index contributed by atoms with van der Waals surface area (Å²) >= 11 is 0. The predicted octanol–water partition coefficient (Wildman–Crippen LogP) is 2.34. The van der Waals surface area contributed by atoms with Crippen molar-refractivity contribution in [3.63, 3.8) is 0 Å². The highest BCUT2D eigenvalue weighted by atomic mass is 16.5. The van der Waals surface area contributed by atoms with Crippen molar-refractivity contribution in [3.05, 3.63) is 29.8 Å². The van der Waals surface area contributed by atoms with Crippen LogP contribution in [0.1, 0.15) is 39.2 Å². The van der Waals surface area contributed by atoms with Gasteiger partial charge in [0.15, 0.2) is 6.61 Å². The van der Waals surface area contributed by atoms with Crippen molar-refractivity contribution < 1.29 is 19.4 Å². The number of carbonyl (C=O) groups excluding carboxylic acids is 1. The zero-order valence-electron chi connectivity index (χ0n) is 13.3. The summed E-state index contributed by atoms with van der Waals surface area (Å²) < 4.78 is 5.64. The average Bonchev–Trinajstić information content (AvgIpc) is 2.39. The largest absolute Gasteiger partial charge is 0.483 e. The third-order valence-electron chi connectivity index (χ3n) is 3.91. The number of para-hydroxylation sites is 1. The second-order valence-corrected chi connectivity index (χ2v) is 6.81. The Morgan fingerprint density at radius 3 is 2.50 bits per heavy atom. The Morgan fingerprint density at radius 2 is 1.91 bits per heavy atom. The van der Waals surface area contributed by atoms with Gasteiger partial charge in [-0.05, 0) is 29.9 Å². The quantitative estimate of drug-likeness (QED) is 0.875. The molecule has 1 fully saturated rings. The van der Waals surface area contributed by atoms with Crippen molar-refractivity contribution in [2.45, 2.75) is 45.1 Å². The van der Waals surface area contributed by atoms with Gasteiger partial charge in [-0.1, -0.05) is 39.0 Å². The number of ether oxygens (including phenoxy) is 1. The molecule has 0 atom stereocenters. The van der Waals surface area contributed by atoms with Gasteiger partial charge in [0.1, 0.15) is 5.75 Å². The maximum Gasteiger partial charge on any atom is 0.306 e. The number of benzene rings is 1. The van der Waals surface area contributed by atoms with Gasteiger partial charge in [0.2, 0.25) is 0 Å². The van der Waals surface area contributed by atoms with Crippen molar-refractivity contribution in [3.8, 4) is 5.75 Å². The number of carboxylic acid groups (broad SMARTS) is 1. The summed E-state index contributed by atoms with van der Waals surface area (Å²) in [6.45, 7) is 6.22. The van der Waals surface area contributed by atoms with Gasteiger partial charge in [0.25, 0.3) is 5.91 Å². The molecule has 120 valence electrons. The second kappa shape index (κ2) is 6.38. The molecule has 22 heavy (non-hydrogen) atoms. The number of carboxylic acids is 1. The lowest BCUT2D eigenvalue weighted by Crippen LogP contribution is -2.48. The van der Waals surface area contributed by atoms with Gasteiger partial charge in [0.05, 0.1) is 5.92 Å². The van der Waals surface area contributed by atoms with E-state index in [9.17, 15) is 9.59 Å². The molecular weight excluding hydrogens is 282 g/mol. The number of carbonyl (C=O) groups is 2. The number of rotatable bonds is 5. The SMILES string of the molecule is CC(C)(C)c1ccccc1OCC(=O)NC1CC(C(=O)O)C1. The molecule has 1 aliphatic rings. The first-order chi connectivity index (χ1) is 10.3. The molecule has 0 aliphatic heterocycles. The van der Waals surface area contributed by atoms with E-state index >= 15 is 0 Å². The van der Waals surface area contributed by atoms with Gasteiger partial charge in [0, 0.05) is 6.04 Å². The lowest BCUT2D eigenvalue weighted by Gasteiger charge is -2.32. The predicted molar refractivity (Wildman–Crippen MR) is 82.9 cm³/mol. The minimum absolute atomic E-state index is 0.0462. The Hall–Kier alpha value is -2.04. The Morgan fingerprint density at radius 1 is 1.27 bits per heavy atom. The average molecular weight is 305 g/mol. The van der Waals surface area contributed by atoms with Crippen LogP contribution in [0.5, 0.6) is 5.75 Å². The van der Waals surface area contributed by atoms with E-state index in [0.717, 1.165) is 5.56 Å². The maximum atomic E-state index is 11.9. The molecule has 5 heteroatoms. The molecule has 5 nitrogen and oxygen atoms in total. The number of hydrogen-bond donors (Lipinski definition) is 2. The van der Waals surface area contributed by atoms with Gasteiger partial charge < -0.3 is 15.2 Å². The van der Waals surface area contributed by atoms with Gasteiger partial charge in [-0.15, -0.1) is 0 Å². The molecule has 1 saturated carbocycles. The van der Waals surface area contributed by atoms with E-state index in [1.165, 1.54) is 0 Å². The second-order valence-electron chi connectivity index (χ2n) is 6.81. The van der Waals surface area contributed by atoms with Gasteiger partial charge in [-0.2, -0.15) is 0 Å². The van der Waals surface area contributed by atoms with Crippen LogP contribution in [-0.4, -0.2) is 29.6 Å². The number of amides is 1. The van der Waals surface area contributed by atoms with E-state index in [-0.39, 0.29) is 29.9 Å². The third kappa shape index (κ3) is 4.00. The van der Waals surface area contributed by atoms with Crippen LogP contribution < -0.4 is 10.1 Å². The minimum atomic E-state index is -0.791. The zero-order chi connectivity index (χ0) is 16.3. The fourth-order valence-electron chi connectivity index (χ4n) is 2.56. The number of aliphatic carboxylic acids is 1. The standard InChI is InChI=1S/C17H23NO4/c1-17(2,3)13-6-4-5-7-14(13)22-10-15(19)18-12-8-11(9-12)16(20)21/h4-7,11-12H,8-10H2,1-3H3,(H,18,19)(H,20,21). The molecule has 2 N–H and O–H groups in total. The molecule has 0 bridgehead atoms. The van der Waals surface area contributed by atoms with Crippen molar-refractivity contribution in [2.24, 2.45) is 5.92 Å². The Kier molecular flexibility index (Phi) is 4.74. The molecule has 0 saturated heterocycles. The first-order valence-corrected chi connectivity index (χ1v) is 7.52. The zero-order valence-corrected chi connectivity index (χ0v) is 13.3. The van der Waals surface area contributed by atoms with Crippen LogP contribution in [-0.2, 0) is 15.0 Å². The van der Waals surface area contributed by atoms with Crippen LogP contribution in [0.2, 0.25) is 0 Å². The van der Waals surface area contributed by atoms with Crippen LogP contribution in [0.3, 0.4) is 0 Å². The lowest BCUT2D eigenvalue weighted by molar-refractivity contribution is -0.146. The molecule has 0 aromatic heterocycles. The highest BCUT2D eigenvalue weighted by Crippen LogP contribution is 2.31. The summed E-state index contributed by atoms with van der Waals surface area (Å²) in [6, 6.07) is 7.64. The normalized spacial score (nSPS) is 20.9. The molecule has 0 heterocycles. The topological polar surface area (TPSA) is 75.6 Å². The first-order valence-electron chi connectivity index (χ1n) is 7.52. The van der Waals surface area contributed by atoms with Crippen LogP contribution in [0.15, 0.2) is 24.3 Å². The molecule has 1 aromatic rings. The summed E-state index contributed by atoms with van der Waals surface area (Å²) in [5.41, 5.74) is 0.993. The van der Waals surface area contributed by atoms with Crippen molar-refractivity contribution >= 4 is 11.9 Å². The highest BCUT2D eigenvalue weighted by molar-refractivity contribution is 5.79. The first kappa shape index (κ1) is 16.3. The van der Waals surface area contributed by atoms with Gasteiger partial charge >= 0.3 is 5.97 Å². The van der Waals surface area contributed by atoms with E-state index in [1.54, 1.807) is 0 Å². The molecule has 0 spiro atoms. The van der Waals surface area contributed by atoms with Crippen LogP contribution >= 0.6 is 0 Å². The fourth-order valence-corrected chi connectivity index (χ4v) is 2.56. The molecular formula is C17H23NO4. The molecule has 2 rings (SSSR count). The van der Waals surface area contributed by atoms with Crippen LogP contribution in [0.25, 0.3) is 0 Å². The minimum Gasteiger partial charge on any atom is -0.483 e. The van der Waals surface area contributed by atoms with Crippen molar-refractivity contribution in [2.75, 3.05) is 6.61 Å². The Balaban J connectivity index is 1.84. The van der Waals surface area contributed by atoms with E-state index in [0.29, 0.717) is 18.6 Å². The van der Waals surface area contributed by atoms with E-state index in [1.807, 2.05) is 24.3 Å². The summed E-state index contributed by atoms with van der Waals surface area (Å²) in [6.07, 6.45) is 0.999. The van der Waals surface area contributed by atoms with Crippen molar-refractivity contribution in [1.82, 2.24) is 5.32 Å². The third-order valence-corrected chi connectivity index (χ3v) is 3.91. The molecule has 1 aromatic carbocycles. The molecule has 0 unspecified atom stereocenters. The van der Waals surface area contributed by atoms with Gasteiger partial charge in [-0.3, -0.25) is 9.59 Å². The monoisotopic (exact) mass is 305 g/mol. The maximum absolute atomic E-state index is 11.9. The summed E-state index contributed by atoms with van der Waals surface area (Å²) in [5, 5.41) is 11.6.